The molecule has 0 aliphatic carbocycles. The summed E-state index contributed by atoms with van der Waals surface area (Å²) < 4.78 is 0. The number of anilines is 1. The molecule has 2 atom stereocenters. The van der Waals surface area contributed by atoms with Crippen molar-refractivity contribution >= 4 is 23.2 Å². The number of benzene rings is 2. The highest BCUT2D eigenvalue weighted by Crippen LogP contribution is 2.30. The van der Waals surface area contributed by atoms with Crippen molar-refractivity contribution in [2.45, 2.75) is 70.4 Å². The molecule has 210 valence electrons. The van der Waals surface area contributed by atoms with E-state index in [1.165, 1.54) is 5.56 Å². The summed E-state index contributed by atoms with van der Waals surface area (Å²) in [6.07, 6.45) is 6.90. The van der Waals surface area contributed by atoms with Gasteiger partial charge < -0.3 is 16.2 Å². The first kappa shape index (κ1) is 28.7. The van der Waals surface area contributed by atoms with Gasteiger partial charge >= 0.3 is 0 Å². The van der Waals surface area contributed by atoms with Crippen molar-refractivity contribution in [3.05, 3.63) is 95.8 Å². The first-order valence-electron chi connectivity index (χ1n) is 13.8. The van der Waals surface area contributed by atoms with Gasteiger partial charge in [-0.3, -0.25) is 25.0 Å². The molecule has 5 N–H and O–H groups in total. The predicted molar refractivity (Wildman–Crippen MR) is 158 cm³/mol. The van der Waals surface area contributed by atoms with Crippen molar-refractivity contribution in [1.82, 2.24) is 15.7 Å². The van der Waals surface area contributed by atoms with Crippen molar-refractivity contribution in [3.8, 4) is 5.75 Å². The number of nitrogens with one attached hydrogen (secondary N) is 2. The van der Waals surface area contributed by atoms with E-state index in [4.69, 9.17) is 5.73 Å². The van der Waals surface area contributed by atoms with Gasteiger partial charge in [0, 0.05) is 19.0 Å². The van der Waals surface area contributed by atoms with E-state index >= 15 is 0 Å². The Hall–Kier alpha value is -4.33. The third-order valence-electron chi connectivity index (χ3n) is 7.09. The summed E-state index contributed by atoms with van der Waals surface area (Å²) in [6.45, 7) is 6.61. The number of unbranched alkanes of at least 4 members (excludes halogenated alkanes) is 1. The van der Waals surface area contributed by atoms with Crippen LogP contribution in [0.25, 0.3) is 5.70 Å². The topological polar surface area (TPSA) is 121 Å². The van der Waals surface area contributed by atoms with Crippen molar-refractivity contribution < 1.29 is 14.7 Å². The van der Waals surface area contributed by atoms with Crippen LogP contribution in [0.4, 0.5) is 5.69 Å². The highest BCUT2D eigenvalue weighted by Gasteiger charge is 2.27. The summed E-state index contributed by atoms with van der Waals surface area (Å²) in [4.78, 5) is 29.1. The molecule has 0 fully saturated rings. The van der Waals surface area contributed by atoms with Gasteiger partial charge in [0.2, 0.25) is 11.8 Å². The molecular formula is C32H39N5O3. The molecule has 40 heavy (non-hydrogen) atoms. The highest BCUT2D eigenvalue weighted by atomic mass is 16.3. The van der Waals surface area contributed by atoms with Crippen LogP contribution in [0, 0.1) is 0 Å². The van der Waals surface area contributed by atoms with Crippen LogP contribution in [0.2, 0.25) is 0 Å². The molecule has 0 saturated heterocycles. The number of primary amides is 1. The fourth-order valence-electron chi connectivity index (χ4n) is 4.77. The second-order valence-corrected chi connectivity index (χ2v) is 11.3. The minimum atomic E-state index is -0.800. The number of phenolic OH excluding ortho intramolecular Hbond substituents is 1. The van der Waals surface area contributed by atoms with E-state index in [-0.39, 0.29) is 29.5 Å². The van der Waals surface area contributed by atoms with Crippen molar-refractivity contribution in [1.29, 1.82) is 0 Å². The van der Waals surface area contributed by atoms with Gasteiger partial charge in [0.1, 0.15) is 11.8 Å². The molecule has 2 amide bonds. The standard InChI is InChI=1S/C32H39N5O3/c1-32(2,3)23-13-15-24(16-14-23)37-25(21-28(36-37)27-9-6-7-19-34-27)8-4-5-10-30(39)35-29(31(33)40)20-22-11-17-26(38)18-12-22/h6-7,9,11-19,21,25,29,36,38H,4-5,8,10,20H2,1-3H3,(H2,33,40)(H,35,39). The molecule has 8 heteroatoms. The number of nitrogens with two attached hydrogens (primary N) is 1. The number of phenols is 1. The van der Waals surface area contributed by atoms with Gasteiger partial charge in [-0.1, -0.05) is 57.5 Å². The van der Waals surface area contributed by atoms with E-state index in [9.17, 15) is 14.7 Å². The van der Waals surface area contributed by atoms with Crippen LogP contribution in [0.1, 0.15) is 63.3 Å². The van der Waals surface area contributed by atoms with E-state index < -0.39 is 11.9 Å². The van der Waals surface area contributed by atoms with Gasteiger partial charge in [0.25, 0.3) is 0 Å². The third-order valence-corrected chi connectivity index (χ3v) is 7.09. The Bertz CT molecular complexity index is 1320. The number of carbonyl (C=O) groups is 2. The molecule has 1 aliphatic rings. The van der Waals surface area contributed by atoms with Crippen molar-refractivity contribution in [2.75, 3.05) is 5.01 Å². The molecule has 2 aromatic carbocycles. The summed E-state index contributed by atoms with van der Waals surface area (Å²) in [7, 11) is 0. The SMILES string of the molecule is CC(C)(C)c1ccc(N2NC(c3ccccn3)=CC2CCCCC(=O)NC(Cc2ccc(O)cc2)C(N)=O)cc1. The molecule has 0 radical (unpaired) electrons. The van der Waals surface area contributed by atoms with Crippen LogP contribution in [-0.4, -0.2) is 34.0 Å². The van der Waals surface area contributed by atoms with E-state index in [1.54, 1.807) is 30.5 Å². The van der Waals surface area contributed by atoms with Gasteiger partial charge in [0.05, 0.1) is 23.1 Å². The normalized spacial score (nSPS) is 15.7. The number of hydrogen-bond acceptors (Lipinski definition) is 6. The molecular weight excluding hydrogens is 502 g/mol. The van der Waals surface area contributed by atoms with Crippen LogP contribution in [-0.2, 0) is 21.4 Å². The Balaban J connectivity index is 1.35. The number of aromatic nitrogens is 1. The largest absolute Gasteiger partial charge is 0.508 e. The second kappa shape index (κ2) is 12.7. The number of hydrogen-bond donors (Lipinski definition) is 4. The first-order chi connectivity index (χ1) is 19.1. The predicted octanol–water partition coefficient (Wildman–Crippen LogP) is 4.59. The monoisotopic (exact) mass is 541 g/mol. The molecule has 0 bridgehead atoms. The number of carbonyl (C=O) groups excluding carboxylic acids is 2. The Kier molecular flexibility index (Phi) is 9.09. The maximum atomic E-state index is 12.6. The number of rotatable bonds is 11. The highest BCUT2D eigenvalue weighted by molar-refractivity contribution is 5.86. The second-order valence-electron chi connectivity index (χ2n) is 11.3. The van der Waals surface area contributed by atoms with Gasteiger partial charge in [-0.15, -0.1) is 0 Å². The van der Waals surface area contributed by atoms with Crippen LogP contribution in [0.3, 0.4) is 0 Å². The third kappa shape index (κ3) is 7.62. The average molecular weight is 542 g/mol. The van der Waals surface area contributed by atoms with Crippen LogP contribution < -0.4 is 21.5 Å². The zero-order chi connectivity index (χ0) is 28.7. The molecule has 2 unspecified atom stereocenters. The molecule has 0 spiro atoms. The lowest BCUT2D eigenvalue weighted by atomic mass is 9.87. The molecule has 1 aromatic heterocycles. The zero-order valence-corrected chi connectivity index (χ0v) is 23.4. The lowest BCUT2D eigenvalue weighted by Gasteiger charge is -2.28. The number of pyridine rings is 1. The van der Waals surface area contributed by atoms with Gasteiger partial charge in [0.15, 0.2) is 0 Å². The van der Waals surface area contributed by atoms with Gasteiger partial charge in [-0.2, -0.15) is 0 Å². The Morgan fingerprint density at radius 3 is 2.40 bits per heavy atom. The quantitative estimate of drug-likeness (QED) is 0.264. The minimum Gasteiger partial charge on any atom is -0.508 e. The van der Waals surface area contributed by atoms with Crippen molar-refractivity contribution in [3.63, 3.8) is 0 Å². The molecule has 2 heterocycles. The lowest BCUT2D eigenvalue weighted by molar-refractivity contribution is -0.127. The minimum absolute atomic E-state index is 0.0753. The average Bonchev–Trinajstić information content (AvgIpc) is 3.36. The van der Waals surface area contributed by atoms with Crippen LogP contribution in [0.15, 0.2) is 79.0 Å². The van der Waals surface area contributed by atoms with E-state index in [1.807, 2.05) is 18.2 Å². The molecule has 3 aromatic rings. The van der Waals surface area contributed by atoms with E-state index in [2.05, 4.69) is 71.8 Å². The number of nitrogens with zero attached hydrogens (tertiary/aromatic N) is 2. The zero-order valence-electron chi connectivity index (χ0n) is 23.4. The summed E-state index contributed by atoms with van der Waals surface area (Å²) in [5, 5.41) is 14.4. The fourth-order valence-corrected chi connectivity index (χ4v) is 4.77. The Morgan fingerprint density at radius 1 is 1.05 bits per heavy atom. The maximum absolute atomic E-state index is 12.6. The van der Waals surface area contributed by atoms with E-state index in [0.717, 1.165) is 35.5 Å². The first-order valence-corrected chi connectivity index (χ1v) is 13.8. The Morgan fingerprint density at radius 2 is 1.77 bits per heavy atom. The number of amides is 2. The smallest absolute Gasteiger partial charge is 0.240 e. The summed E-state index contributed by atoms with van der Waals surface area (Å²) in [5.41, 5.74) is 14.1. The van der Waals surface area contributed by atoms with Gasteiger partial charge in [-0.05, 0) is 71.9 Å². The molecule has 1 aliphatic heterocycles. The maximum Gasteiger partial charge on any atom is 0.240 e. The van der Waals surface area contributed by atoms with Crippen molar-refractivity contribution in [2.24, 2.45) is 5.73 Å². The summed E-state index contributed by atoms with van der Waals surface area (Å²) >= 11 is 0. The lowest BCUT2D eigenvalue weighted by Crippen LogP contribution is -2.45. The number of aromatic hydroxyl groups is 1. The Labute approximate surface area is 236 Å². The molecule has 0 saturated carbocycles. The number of hydrazine groups is 1. The van der Waals surface area contributed by atoms with E-state index in [0.29, 0.717) is 12.8 Å². The fraction of sp³-hybridized carbons (Fsp3) is 0.344. The summed E-state index contributed by atoms with van der Waals surface area (Å²) in [5.74, 6) is -0.645. The van der Waals surface area contributed by atoms with Gasteiger partial charge in [-0.25, -0.2) is 0 Å². The van der Waals surface area contributed by atoms with Crippen LogP contribution >= 0.6 is 0 Å². The van der Waals surface area contributed by atoms with Crippen LogP contribution in [0.5, 0.6) is 5.75 Å². The molecule has 8 nitrogen and oxygen atoms in total. The summed E-state index contributed by atoms with van der Waals surface area (Å²) in [6, 6.07) is 20.3. The molecule has 4 rings (SSSR count).